The van der Waals surface area contributed by atoms with Crippen molar-refractivity contribution in [2.45, 2.75) is 33.1 Å². The number of ether oxygens (including phenoxy) is 1. The third-order valence-electron chi connectivity index (χ3n) is 2.94. The SMILES string of the molecule is CC.COCCNC(=O)CC1CCN(C)CC1. The van der Waals surface area contributed by atoms with Crippen LogP contribution >= 0.6 is 0 Å². The number of carbonyl (C=O) groups excluding carboxylic acids is 1. The van der Waals surface area contributed by atoms with Crippen molar-refractivity contribution in [3.05, 3.63) is 0 Å². The number of nitrogens with zero attached hydrogens (tertiary/aromatic N) is 1. The summed E-state index contributed by atoms with van der Waals surface area (Å²) < 4.78 is 4.87. The number of piperidine rings is 1. The van der Waals surface area contributed by atoms with Crippen molar-refractivity contribution in [3.8, 4) is 0 Å². The van der Waals surface area contributed by atoms with E-state index < -0.39 is 0 Å². The Morgan fingerprint density at radius 3 is 2.47 bits per heavy atom. The van der Waals surface area contributed by atoms with Crippen LogP contribution in [-0.2, 0) is 9.53 Å². The molecule has 0 radical (unpaired) electrons. The molecule has 1 N–H and O–H groups in total. The Bertz CT molecular complexity index is 190. The van der Waals surface area contributed by atoms with Crippen LogP contribution in [0.25, 0.3) is 0 Å². The zero-order chi connectivity index (χ0) is 13.1. The fourth-order valence-corrected chi connectivity index (χ4v) is 1.89. The molecule has 0 saturated carbocycles. The molecule has 0 aromatic carbocycles. The molecule has 1 fully saturated rings. The van der Waals surface area contributed by atoms with Gasteiger partial charge < -0.3 is 15.0 Å². The summed E-state index contributed by atoms with van der Waals surface area (Å²) in [7, 11) is 3.78. The van der Waals surface area contributed by atoms with E-state index in [-0.39, 0.29) is 5.91 Å². The highest BCUT2D eigenvalue weighted by Crippen LogP contribution is 2.18. The second-order valence-electron chi connectivity index (χ2n) is 4.29. The summed E-state index contributed by atoms with van der Waals surface area (Å²) in [5.41, 5.74) is 0. The van der Waals surface area contributed by atoms with Crippen LogP contribution in [0, 0.1) is 5.92 Å². The number of nitrogens with one attached hydrogen (secondary N) is 1. The standard InChI is InChI=1S/C11H22N2O2.C2H6/c1-13-6-3-10(4-7-13)9-11(14)12-5-8-15-2;1-2/h10H,3-9H2,1-2H3,(H,12,14);1-2H3. The topological polar surface area (TPSA) is 41.6 Å². The van der Waals surface area contributed by atoms with Gasteiger partial charge in [-0.2, -0.15) is 0 Å². The van der Waals surface area contributed by atoms with E-state index >= 15 is 0 Å². The third-order valence-corrected chi connectivity index (χ3v) is 2.94. The molecule has 4 nitrogen and oxygen atoms in total. The average Bonchev–Trinajstić information content (AvgIpc) is 2.35. The van der Waals surface area contributed by atoms with Gasteiger partial charge in [-0.1, -0.05) is 13.8 Å². The Labute approximate surface area is 106 Å². The van der Waals surface area contributed by atoms with Crippen molar-refractivity contribution in [1.82, 2.24) is 10.2 Å². The van der Waals surface area contributed by atoms with Gasteiger partial charge in [0.1, 0.15) is 0 Å². The Balaban J connectivity index is 0.00000121. The molecule has 0 aliphatic carbocycles. The minimum atomic E-state index is 0.168. The molecule has 1 aliphatic rings. The molecule has 1 heterocycles. The van der Waals surface area contributed by atoms with E-state index in [4.69, 9.17) is 4.74 Å². The number of amides is 1. The first kappa shape index (κ1) is 16.4. The van der Waals surface area contributed by atoms with E-state index in [9.17, 15) is 4.79 Å². The van der Waals surface area contributed by atoms with Crippen LogP contribution in [0.4, 0.5) is 0 Å². The highest BCUT2D eigenvalue weighted by Gasteiger charge is 2.18. The van der Waals surface area contributed by atoms with E-state index in [1.165, 1.54) is 0 Å². The van der Waals surface area contributed by atoms with Crippen LogP contribution in [0.3, 0.4) is 0 Å². The first-order valence-corrected chi connectivity index (χ1v) is 6.66. The summed E-state index contributed by atoms with van der Waals surface area (Å²) in [4.78, 5) is 13.8. The lowest BCUT2D eigenvalue weighted by Gasteiger charge is -2.28. The lowest BCUT2D eigenvalue weighted by Crippen LogP contribution is -2.34. The molecule has 0 spiro atoms. The molecular weight excluding hydrogens is 216 g/mol. The quantitative estimate of drug-likeness (QED) is 0.745. The van der Waals surface area contributed by atoms with Gasteiger partial charge in [0.05, 0.1) is 6.61 Å². The van der Waals surface area contributed by atoms with Crippen LogP contribution < -0.4 is 5.32 Å². The molecule has 4 heteroatoms. The molecule has 1 saturated heterocycles. The lowest BCUT2D eigenvalue weighted by molar-refractivity contribution is -0.122. The third kappa shape index (κ3) is 8.16. The van der Waals surface area contributed by atoms with Crippen LogP contribution in [0.1, 0.15) is 33.1 Å². The number of hydrogen-bond acceptors (Lipinski definition) is 3. The Morgan fingerprint density at radius 2 is 1.94 bits per heavy atom. The molecule has 0 aromatic rings. The monoisotopic (exact) mass is 244 g/mol. The van der Waals surface area contributed by atoms with Crippen LogP contribution in [0.15, 0.2) is 0 Å². The molecule has 0 atom stereocenters. The highest BCUT2D eigenvalue weighted by molar-refractivity contribution is 5.76. The fraction of sp³-hybridized carbons (Fsp3) is 0.923. The van der Waals surface area contributed by atoms with Crippen molar-refractivity contribution >= 4 is 5.91 Å². The summed E-state index contributed by atoms with van der Waals surface area (Å²) in [6, 6.07) is 0. The van der Waals surface area contributed by atoms with Crippen molar-refractivity contribution in [2.24, 2.45) is 5.92 Å². The van der Waals surface area contributed by atoms with E-state index in [0.29, 0.717) is 25.5 Å². The number of carbonyl (C=O) groups is 1. The van der Waals surface area contributed by atoms with Gasteiger partial charge in [-0.25, -0.2) is 0 Å². The van der Waals surface area contributed by atoms with E-state index in [1.54, 1.807) is 7.11 Å². The zero-order valence-corrected chi connectivity index (χ0v) is 11.8. The Hall–Kier alpha value is -0.610. The Morgan fingerprint density at radius 1 is 1.35 bits per heavy atom. The second-order valence-corrected chi connectivity index (χ2v) is 4.29. The zero-order valence-electron chi connectivity index (χ0n) is 11.8. The summed E-state index contributed by atoms with van der Waals surface area (Å²) in [5, 5.41) is 2.86. The summed E-state index contributed by atoms with van der Waals surface area (Å²) in [6.07, 6.45) is 2.97. The average molecular weight is 244 g/mol. The van der Waals surface area contributed by atoms with Crippen molar-refractivity contribution in [3.63, 3.8) is 0 Å². The maximum atomic E-state index is 11.5. The normalized spacial score (nSPS) is 17.2. The van der Waals surface area contributed by atoms with Crippen molar-refractivity contribution < 1.29 is 9.53 Å². The van der Waals surface area contributed by atoms with E-state index in [2.05, 4.69) is 17.3 Å². The van der Waals surface area contributed by atoms with Crippen LogP contribution in [0.5, 0.6) is 0 Å². The smallest absolute Gasteiger partial charge is 0.220 e. The van der Waals surface area contributed by atoms with Gasteiger partial charge in [0.2, 0.25) is 5.91 Å². The van der Waals surface area contributed by atoms with Gasteiger partial charge in [-0.15, -0.1) is 0 Å². The van der Waals surface area contributed by atoms with Gasteiger partial charge in [0, 0.05) is 20.1 Å². The summed E-state index contributed by atoms with van der Waals surface area (Å²) in [5.74, 6) is 0.741. The molecule has 1 amide bonds. The van der Waals surface area contributed by atoms with Gasteiger partial charge in [-0.3, -0.25) is 4.79 Å². The minimum absolute atomic E-state index is 0.168. The number of methoxy groups -OCH3 is 1. The molecule has 17 heavy (non-hydrogen) atoms. The second kappa shape index (κ2) is 10.5. The number of rotatable bonds is 5. The molecule has 102 valence electrons. The van der Waals surface area contributed by atoms with Crippen molar-refractivity contribution in [2.75, 3.05) is 40.4 Å². The molecule has 0 aromatic heterocycles. The molecule has 0 unspecified atom stereocenters. The predicted octanol–water partition coefficient (Wildman–Crippen LogP) is 1.51. The van der Waals surface area contributed by atoms with E-state index in [0.717, 1.165) is 25.9 Å². The van der Waals surface area contributed by atoms with E-state index in [1.807, 2.05) is 13.8 Å². The number of likely N-dealkylation sites (tertiary alicyclic amines) is 1. The fourth-order valence-electron chi connectivity index (χ4n) is 1.89. The van der Waals surface area contributed by atoms with Gasteiger partial charge in [-0.05, 0) is 38.9 Å². The highest BCUT2D eigenvalue weighted by atomic mass is 16.5. The number of hydrogen-bond donors (Lipinski definition) is 1. The summed E-state index contributed by atoms with van der Waals surface area (Å²) in [6.45, 7) is 7.47. The first-order valence-electron chi connectivity index (χ1n) is 6.66. The van der Waals surface area contributed by atoms with Crippen molar-refractivity contribution in [1.29, 1.82) is 0 Å². The summed E-state index contributed by atoms with van der Waals surface area (Å²) >= 11 is 0. The van der Waals surface area contributed by atoms with Crippen LogP contribution in [0.2, 0.25) is 0 Å². The first-order chi connectivity index (χ1) is 8.22. The van der Waals surface area contributed by atoms with Gasteiger partial charge in [0.25, 0.3) is 0 Å². The Kier molecular flexibility index (Phi) is 10.2. The van der Waals surface area contributed by atoms with Crippen LogP contribution in [-0.4, -0.2) is 51.2 Å². The largest absolute Gasteiger partial charge is 0.383 e. The molecular formula is C13H28N2O2. The molecule has 1 aliphatic heterocycles. The van der Waals surface area contributed by atoms with Gasteiger partial charge >= 0.3 is 0 Å². The maximum absolute atomic E-state index is 11.5. The maximum Gasteiger partial charge on any atom is 0.220 e. The van der Waals surface area contributed by atoms with Gasteiger partial charge in [0.15, 0.2) is 0 Å². The predicted molar refractivity (Wildman–Crippen MR) is 71.1 cm³/mol. The minimum Gasteiger partial charge on any atom is -0.383 e. The molecule has 0 bridgehead atoms. The lowest BCUT2D eigenvalue weighted by atomic mass is 9.93. The molecule has 1 rings (SSSR count).